The van der Waals surface area contributed by atoms with Gasteiger partial charge in [-0.1, -0.05) is 13.3 Å². The Hall–Kier alpha value is 0.130. The van der Waals surface area contributed by atoms with Gasteiger partial charge in [0.25, 0.3) is 0 Å². The van der Waals surface area contributed by atoms with Crippen molar-refractivity contribution in [1.29, 1.82) is 0 Å². The number of aliphatic hydroxyl groups is 2. The van der Waals surface area contributed by atoms with Crippen LogP contribution >= 0.6 is 8.38 Å². The Morgan fingerprint density at radius 2 is 1.69 bits per heavy atom. The summed E-state index contributed by atoms with van der Waals surface area (Å²) in [5.41, 5.74) is 0. The largest absolute Gasteiger partial charge is 0.361 e. The van der Waals surface area contributed by atoms with E-state index < -0.39 is 32.7 Å². The van der Waals surface area contributed by atoms with Gasteiger partial charge in [-0.2, -0.15) is 0 Å². The zero-order valence-electron chi connectivity index (χ0n) is 9.74. The molecular weight excluding hydrogens is 241 g/mol. The van der Waals surface area contributed by atoms with E-state index in [0.717, 1.165) is 0 Å². The van der Waals surface area contributed by atoms with Crippen LogP contribution in [0, 0.1) is 0 Å². The van der Waals surface area contributed by atoms with Crippen molar-refractivity contribution in [3.8, 4) is 0 Å². The maximum Gasteiger partial charge on any atom is 0.301 e. The molecule has 0 saturated carbocycles. The third-order valence-electron chi connectivity index (χ3n) is 2.19. The van der Waals surface area contributed by atoms with Crippen LogP contribution < -0.4 is 0 Å². The highest BCUT2D eigenvalue weighted by atomic mass is 31.2. The molecule has 2 N–H and O–H groups in total. The van der Waals surface area contributed by atoms with E-state index in [0.29, 0.717) is 6.42 Å². The summed E-state index contributed by atoms with van der Waals surface area (Å²) >= 11 is 0. The molecular formula is C9H19F2O4P. The van der Waals surface area contributed by atoms with Gasteiger partial charge in [-0.05, 0) is 6.42 Å². The van der Waals surface area contributed by atoms with E-state index in [-0.39, 0.29) is 6.42 Å². The highest BCUT2D eigenvalue weighted by molar-refractivity contribution is 7.47. The van der Waals surface area contributed by atoms with Crippen molar-refractivity contribution >= 4 is 8.38 Å². The van der Waals surface area contributed by atoms with Crippen molar-refractivity contribution < 1.29 is 28.0 Å². The summed E-state index contributed by atoms with van der Waals surface area (Å²) in [4.78, 5) is 0. The minimum absolute atomic E-state index is 0.230. The third kappa shape index (κ3) is 4.55. The van der Waals surface area contributed by atoms with Gasteiger partial charge in [-0.15, -0.1) is 0 Å². The van der Waals surface area contributed by atoms with Gasteiger partial charge in [0.15, 0.2) is 8.38 Å². The standard InChI is InChI=1S/C9H19F2O4P/c1-4-5-6-8(10,11)9(12,13)7-16(14-2)15-3/h12-13H,4-7H2,1-3H3. The molecule has 0 bridgehead atoms. The smallest absolute Gasteiger partial charge is 0.301 e. The first kappa shape index (κ1) is 16.1. The van der Waals surface area contributed by atoms with Gasteiger partial charge < -0.3 is 19.3 Å². The number of hydrogen-bond donors (Lipinski definition) is 2. The summed E-state index contributed by atoms with van der Waals surface area (Å²) in [5, 5.41) is 18.7. The average Bonchev–Trinajstić information content (AvgIpc) is 2.22. The van der Waals surface area contributed by atoms with Gasteiger partial charge >= 0.3 is 5.92 Å². The van der Waals surface area contributed by atoms with Crippen LogP contribution in [-0.4, -0.2) is 42.3 Å². The molecule has 16 heavy (non-hydrogen) atoms. The number of halogens is 2. The van der Waals surface area contributed by atoms with E-state index in [4.69, 9.17) is 9.05 Å². The first-order chi connectivity index (χ1) is 7.30. The fourth-order valence-electron chi connectivity index (χ4n) is 1.10. The molecule has 0 heterocycles. The van der Waals surface area contributed by atoms with Crippen LogP contribution in [0.2, 0.25) is 0 Å². The van der Waals surface area contributed by atoms with E-state index in [9.17, 15) is 19.0 Å². The predicted octanol–water partition coefficient (Wildman–Crippen LogP) is 2.10. The maximum atomic E-state index is 13.4. The monoisotopic (exact) mass is 260 g/mol. The summed E-state index contributed by atoms with van der Waals surface area (Å²) in [5.74, 6) is -6.64. The SMILES string of the molecule is CCCCC(F)(F)C(O)(O)CP(OC)OC. The van der Waals surface area contributed by atoms with Crippen LogP contribution in [0.3, 0.4) is 0 Å². The lowest BCUT2D eigenvalue weighted by atomic mass is 10.0. The lowest BCUT2D eigenvalue weighted by Gasteiger charge is -2.32. The first-order valence-corrected chi connectivity index (χ1v) is 6.35. The molecule has 0 aromatic rings. The molecule has 0 aromatic carbocycles. The van der Waals surface area contributed by atoms with Crippen molar-refractivity contribution in [2.24, 2.45) is 0 Å². The molecule has 0 aliphatic rings. The van der Waals surface area contributed by atoms with Gasteiger partial charge in [0, 0.05) is 20.6 Å². The molecule has 0 atom stereocenters. The highest BCUT2D eigenvalue weighted by Crippen LogP contribution is 2.44. The van der Waals surface area contributed by atoms with Crippen LogP contribution in [0.5, 0.6) is 0 Å². The Bertz CT molecular complexity index is 198. The summed E-state index contributed by atoms with van der Waals surface area (Å²) in [6.45, 7) is 1.75. The minimum atomic E-state index is -3.55. The first-order valence-electron chi connectivity index (χ1n) is 4.99. The zero-order chi connectivity index (χ0) is 12.8. The van der Waals surface area contributed by atoms with Crippen molar-refractivity contribution in [2.45, 2.75) is 37.9 Å². The quantitative estimate of drug-likeness (QED) is 0.518. The summed E-state index contributed by atoms with van der Waals surface area (Å²) in [6.07, 6.45) is -0.401. The van der Waals surface area contributed by atoms with Crippen molar-refractivity contribution in [3.05, 3.63) is 0 Å². The van der Waals surface area contributed by atoms with Crippen LogP contribution in [-0.2, 0) is 9.05 Å². The second-order valence-corrected chi connectivity index (χ2v) is 5.19. The van der Waals surface area contributed by atoms with Crippen molar-refractivity contribution in [2.75, 3.05) is 20.4 Å². The van der Waals surface area contributed by atoms with Crippen LogP contribution in [0.15, 0.2) is 0 Å². The molecule has 0 radical (unpaired) electrons. The number of hydrogen-bond acceptors (Lipinski definition) is 4. The van der Waals surface area contributed by atoms with Crippen molar-refractivity contribution in [3.63, 3.8) is 0 Å². The van der Waals surface area contributed by atoms with Gasteiger partial charge in [-0.3, -0.25) is 0 Å². The highest BCUT2D eigenvalue weighted by Gasteiger charge is 2.52. The Morgan fingerprint density at radius 1 is 1.19 bits per heavy atom. The maximum absolute atomic E-state index is 13.4. The Labute approximate surface area is 95.5 Å². The second-order valence-electron chi connectivity index (χ2n) is 3.48. The summed E-state index contributed by atoms with van der Waals surface area (Å²) in [6, 6.07) is 0. The molecule has 98 valence electrons. The van der Waals surface area contributed by atoms with Gasteiger partial charge in [0.05, 0.1) is 6.16 Å². The Kier molecular flexibility index (Phi) is 6.82. The van der Waals surface area contributed by atoms with E-state index in [1.165, 1.54) is 14.2 Å². The molecule has 7 heteroatoms. The van der Waals surface area contributed by atoms with E-state index in [1.807, 2.05) is 0 Å². The van der Waals surface area contributed by atoms with Crippen LogP contribution in [0.1, 0.15) is 26.2 Å². The van der Waals surface area contributed by atoms with E-state index in [2.05, 4.69) is 0 Å². The Morgan fingerprint density at radius 3 is 2.06 bits per heavy atom. The summed E-state index contributed by atoms with van der Waals surface area (Å²) in [7, 11) is 0.843. The molecule has 0 aliphatic carbocycles. The molecule has 0 aromatic heterocycles. The predicted molar refractivity (Wildman–Crippen MR) is 57.4 cm³/mol. The lowest BCUT2D eigenvalue weighted by Crippen LogP contribution is -2.50. The average molecular weight is 260 g/mol. The molecule has 0 fully saturated rings. The second kappa shape index (κ2) is 6.77. The minimum Gasteiger partial charge on any atom is -0.361 e. The number of unbranched alkanes of at least 4 members (excludes halogenated alkanes) is 1. The summed E-state index contributed by atoms with van der Waals surface area (Å²) < 4.78 is 36.3. The van der Waals surface area contributed by atoms with Gasteiger partial charge in [0.1, 0.15) is 0 Å². The normalized spacial score (nSPS) is 13.5. The fraction of sp³-hybridized carbons (Fsp3) is 1.00. The number of rotatable bonds is 8. The van der Waals surface area contributed by atoms with Crippen LogP contribution in [0.4, 0.5) is 8.78 Å². The Balaban J connectivity index is 4.48. The van der Waals surface area contributed by atoms with Gasteiger partial charge in [0.2, 0.25) is 5.79 Å². The molecule has 0 spiro atoms. The number of alkyl halides is 2. The topological polar surface area (TPSA) is 58.9 Å². The van der Waals surface area contributed by atoms with Gasteiger partial charge in [-0.25, -0.2) is 8.78 Å². The lowest BCUT2D eigenvalue weighted by molar-refractivity contribution is -0.284. The van der Waals surface area contributed by atoms with E-state index >= 15 is 0 Å². The molecule has 0 unspecified atom stereocenters. The molecule has 0 amide bonds. The molecule has 4 nitrogen and oxygen atoms in total. The molecule has 0 rings (SSSR count). The van der Waals surface area contributed by atoms with E-state index in [1.54, 1.807) is 6.92 Å². The zero-order valence-corrected chi connectivity index (χ0v) is 10.6. The van der Waals surface area contributed by atoms with Crippen LogP contribution in [0.25, 0.3) is 0 Å². The molecule has 0 aliphatic heterocycles. The molecule has 0 saturated heterocycles. The van der Waals surface area contributed by atoms with Crippen molar-refractivity contribution in [1.82, 2.24) is 0 Å². The fourth-order valence-corrected chi connectivity index (χ4v) is 2.10. The third-order valence-corrected chi connectivity index (χ3v) is 3.70.